The molecule has 1 aromatic heterocycles. The van der Waals surface area contributed by atoms with Gasteiger partial charge in [0.05, 0.1) is 18.8 Å². The smallest absolute Gasteiger partial charge is 0.150 e. The van der Waals surface area contributed by atoms with Gasteiger partial charge in [0, 0.05) is 18.7 Å². The van der Waals surface area contributed by atoms with E-state index in [1.165, 1.54) is 6.42 Å². The summed E-state index contributed by atoms with van der Waals surface area (Å²) < 4.78 is 10.7. The topological polar surface area (TPSA) is 47.3 Å². The molecule has 0 amide bonds. The summed E-state index contributed by atoms with van der Waals surface area (Å²) in [6.45, 7) is 6.84. The molecular formula is C13H22N2O2. The molecule has 1 N–H and O–H groups in total. The first kappa shape index (κ1) is 12.6. The summed E-state index contributed by atoms with van der Waals surface area (Å²) >= 11 is 0. The molecule has 1 atom stereocenters. The van der Waals surface area contributed by atoms with Gasteiger partial charge in [-0.15, -0.1) is 0 Å². The van der Waals surface area contributed by atoms with Gasteiger partial charge in [-0.25, -0.2) is 0 Å². The molecule has 0 saturated carbocycles. The van der Waals surface area contributed by atoms with Gasteiger partial charge in [0.25, 0.3) is 0 Å². The van der Waals surface area contributed by atoms with E-state index >= 15 is 0 Å². The summed E-state index contributed by atoms with van der Waals surface area (Å²) in [5, 5.41) is 7.52. The summed E-state index contributed by atoms with van der Waals surface area (Å²) in [7, 11) is 0. The van der Waals surface area contributed by atoms with Crippen molar-refractivity contribution in [2.75, 3.05) is 13.2 Å². The van der Waals surface area contributed by atoms with Crippen molar-refractivity contribution >= 4 is 0 Å². The van der Waals surface area contributed by atoms with Gasteiger partial charge in [0.2, 0.25) is 0 Å². The predicted molar refractivity (Wildman–Crippen MR) is 65.7 cm³/mol. The zero-order valence-electron chi connectivity index (χ0n) is 10.7. The first-order valence-electron chi connectivity index (χ1n) is 6.49. The number of nitrogens with zero attached hydrogens (tertiary/aromatic N) is 1. The van der Waals surface area contributed by atoms with E-state index < -0.39 is 0 Å². The summed E-state index contributed by atoms with van der Waals surface area (Å²) in [5.74, 6) is 1.54. The molecule has 0 radical (unpaired) electrons. The Morgan fingerprint density at radius 1 is 1.53 bits per heavy atom. The lowest BCUT2D eigenvalue weighted by Crippen LogP contribution is -2.36. The van der Waals surface area contributed by atoms with Crippen molar-refractivity contribution in [3.63, 3.8) is 0 Å². The molecule has 1 aromatic rings. The monoisotopic (exact) mass is 238 g/mol. The number of hydrogen-bond donors (Lipinski definition) is 1. The van der Waals surface area contributed by atoms with Crippen LogP contribution in [0.15, 0.2) is 10.6 Å². The Bertz CT molecular complexity index is 330. The van der Waals surface area contributed by atoms with Gasteiger partial charge in [-0.05, 0) is 25.2 Å². The van der Waals surface area contributed by atoms with E-state index in [1.807, 2.05) is 0 Å². The highest BCUT2D eigenvalue weighted by Crippen LogP contribution is 2.11. The fourth-order valence-corrected chi connectivity index (χ4v) is 2.10. The van der Waals surface area contributed by atoms with E-state index in [-0.39, 0.29) is 0 Å². The molecule has 17 heavy (non-hydrogen) atoms. The van der Waals surface area contributed by atoms with Gasteiger partial charge in [-0.2, -0.15) is 0 Å². The molecule has 0 bridgehead atoms. The maximum absolute atomic E-state index is 5.42. The quantitative estimate of drug-likeness (QED) is 0.853. The summed E-state index contributed by atoms with van der Waals surface area (Å²) in [6.07, 6.45) is 3.32. The number of nitrogens with one attached hydrogen (secondary N) is 1. The lowest BCUT2D eigenvalue weighted by Gasteiger charge is -2.22. The van der Waals surface area contributed by atoms with Crippen LogP contribution in [-0.4, -0.2) is 24.4 Å². The molecule has 0 aromatic carbocycles. The second-order valence-corrected chi connectivity index (χ2v) is 5.18. The molecule has 1 aliphatic rings. The molecule has 2 rings (SSSR count). The molecule has 1 saturated heterocycles. The van der Waals surface area contributed by atoms with Crippen LogP contribution in [0.1, 0.15) is 38.1 Å². The van der Waals surface area contributed by atoms with Gasteiger partial charge in [0.1, 0.15) is 0 Å². The van der Waals surface area contributed by atoms with E-state index in [0.29, 0.717) is 12.0 Å². The van der Waals surface area contributed by atoms with Crippen LogP contribution in [0, 0.1) is 5.92 Å². The van der Waals surface area contributed by atoms with Gasteiger partial charge < -0.3 is 14.6 Å². The molecule has 96 valence electrons. The SMILES string of the molecule is CC(C)Cc1cc(CN[C@@H]2CCCOC2)on1. The number of aromatic nitrogens is 1. The zero-order valence-corrected chi connectivity index (χ0v) is 10.7. The standard InChI is InChI=1S/C13H22N2O2/c1-10(2)6-12-7-13(17-15-12)8-14-11-4-3-5-16-9-11/h7,10-11,14H,3-6,8-9H2,1-2H3/t11-/m1/s1. The Balaban J connectivity index is 1.76. The first-order valence-corrected chi connectivity index (χ1v) is 6.49. The molecule has 4 nitrogen and oxygen atoms in total. The molecular weight excluding hydrogens is 216 g/mol. The van der Waals surface area contributed by atoms with Crippen LogP contribution in [0.2, 0.25) is 0 Å². The number of rotatable bonds is 5. The molecule has 0 aliphatic carbocycles. The predicted octanol–water partition coefficient (Wildman–Crippen LogP) is 2.14. The van der Waals surface area contributed by atoms with Crippen molar-refractivity contribution in [3.8, 4) is 0 Å². The average Bonchev–Trinajstić information content (AvgIpc) is 2.75. The molecule has 0 spiro atoms. The summed E-state index contributed by atoms with van der Waals surface area (Å²) in [4.78, 5) is 0. The minimum absolute atomic E-state index is 0.461. The van der Waals surface area contributed by atoms with E-state index in [1.54, 1.807) is 0 Å². The number of hydrogen-bond acceptors (Lipinski definition) is 4. The minimum Gasteiger partial charge on any atom is -0.380 e. The van der Waals surface area contributed by atoms with Crippen molar-refractivity contribution in [2.24, 2.45) is 5.92 Å². The largest absolute Gasteiger partial charge is 0.380 e. The van der Waals surface area contributed by atoms with Crippen molar-refractivity contribution in [3.05, 3.63) is 17.5 Å². The first-order chi connectivity index (χ1) is 8.24. The molecule has 1 aliphatic heterocycles. The third-order valence-electron chi connectivity index (χ3n) is 2.95. The summed E-state index contributed by atoms with van der Waals surface area (Å²) in [6, 6.07) is 2.51. The Morgan fingerprint density at radius 2 is 2.41 bits per heavy atom. The van der Waals surface area contributed by atoms with Gasteiger partial charge in [0.15, 0.2) is 5.76 Å². The van der Waals surface area contributed by atoms with E-state index in [9.17, 15) is 0 Å². The minimum atomic E-state index is 0.461. The molecule has 4 heteroatoms. The number of ether oxygens (including phenoxy) is 1. The molecule has 2 heterocycles. The highest BCUT2D eigenvalue weighted by molar-refractivity contribution is 5.05. The van der Waals surface area contributed by atoms with Crippen LogP contribution < -0.4 is 5.32 Å². The third kappa shape index (κ3) is 4.13. The fourth-order valence-electron chi connectivity index (χ4n) is 2.10. The van der Waals surface area contributed by atoms with Crippen LogP contribution in [0.3, 0.4) is 0 Å². The second-order valence-electron chi connectivity index (χ2n) is 5.18. The maximum atomic E-state index is 5.42. The Hall–Kier alpha value is -0.870. The van der Waals surface area contributed by atoms with Crippen LogP contribution in [0.25, 0.3) is 0 Å². The maximum Gasteiger partial charge on any atom is 0.150 e. The van der Waals surface area contributed by atoms with Gasteiger partial charge >= 0.3 is 0 Å². The van der Waals surface area contributed by atoms with Crippen molar-refractivity contribution in [2.45, 2.75) is 45.7 Å². The van der Waals surface area contributed by atoms with Crippen molar-refractivity contribution < 1.29 is 9.26 Å². The van der Waals surface area contributed by atoms with Crippen molar-refractivity contribution in [1.82, 2.24) is 10.5 Å². The van der Waals surface area contributed by atoms with Crippen LogP contribution in [0.4, 0.5) is 0 Å². The van der Waals surface area contributed by atoms with E-state index in [2.05, 4.69) is 30.4 Å². The Kier molecular flexibility index (Phi) is 4.57. The zero-order chi connectivity index (χ0) is 12.1. The average molecular weight is 238 g/mol. The summed E-state index contributed by atoms with van der Waals surface area (Å²) in [5.41, 5.74) is 1.05. The van der Waals surface area contributed by atoms with E-state index in [0.717, 1.165) is 44.1 Å². The lowest BCUT2D eigenvalue weighted by molar-refractivity contribution is 0.0691. The highest BCUT2D eigenvalue weighted by Gasteiger charge is 2.14. The van der Waals surface area contributed by atoms with Crippen molar-refractivity contribution in [1.29, 1.82) is 0 Å². The van der Waals surface area contributed by atoms with Crippen LogP contribution >= 0.6 is 0 Å². The molecule has 1 fully saturated rings. The van der Waals surface area contributed by atoms with Gasteiger partial charge in [-0.3, -0.25) is 0 Å². The van der Waals surface area contributed by atoms with E-state index in [4.69, 9.17) is 9.26 Å². The molecule has 0 unspecified atom stereocenters. The Morgan fingerprint density at radius 3 is 3.12 bits per heavy atom. The lowest BCUT2D eigenvalue weighted by atomic mass is 10.1. The van der Waals surface area contributed by atoms with Crippen LogP contribution in [0.5, 0.6) is 0 Å². The van der Waals surface area contributed by atoms with Gasteiger partial charge in [-0.1, -0.05) is 19.0 Å². The third-order valence-corrected chi connectivity index (χ3v) is 2.95. The normalized spacial score (nSPS) is 21.0. The second kappa shape index (κ2) is 6.17. The highest BCUT2D eigenvalue weighted by atomic mass is 16.5. The fraction of sp³-hybridized carbons (Fsp3) is 0.769. The van der Waals surface area contributed by atoms with Crippen LogP contribution in [-0.2, 0) is 17.7 Å². The Labute approximate surface area is 103 Å².